The van der Waals surface area contributed by atoms with Crippen LogP contribution in [-0.4, -0.2) is 33.3 Å². The maximum Gasteiger partial charge on any atom is 0.320 e. The second-order valence-corrected chi connectivity index (χ2v) is 49.0. The Hall–Kier alpha value is -6.59. The van der Waals surface area contributed by atoms with Crippen LogP contribution in [0.3, 0.4) is 0 Å². The summed E-state index contributed by atoms with van der Waals surface area (Å²) in [4.78, 5) is 4.26. The Morgan fingerprint density at radius 1 is 0.200 bits per heavy atom. The zero-order chi connectivity index (χ0) is 63.2. The summed E-state index contributed by atoms with van der Waals surface area (Å²) in [6.45, 7) is 28.3. The predicted molar refractivity (Wildman–Crippen MR) is 396 cm³/mol. The molecule has 12 heteroatoms. The van der Waals surface area contributed by atoms with Crippen molar-refractivity contribution in [3.63, 3.8) is 0 Å². The minimum atomic E-state index is -3.15. The summed E-state index contributed by atoms with van der Waals surface area (Å²) in [6.07, 6.45) is 0. The summed E-state index contributed by atoms with van der Waals surface area (Å²) in [5.74, 6) is 3.44. The highest BCUT2D eigenvalue weighted by Crippen LogP contribution is 2.68. The van der Waals surface area contributed by atoms with Gasteiger partial charge in [0.15, 0.2) is 0 Å². The molecule has 0 spiro atoms. The number of benzene rings is 10. The molecule has 456 valence electrons. The second kappa shape index (κ2) is 25.1. The minimum absolute atomic E-state index is 0.286. The van der Waals surface area contributed by atoms with Crippen molar-refractivity contribution in [1.82, 2.24) is 0 Å². The van der Waals surface area contributed by atoms with Gasteiger partial charge in [-0.15, -0.1) is 0 Å². The van der Waals surface area contributed by atoms with Crippen LogP contribution in [0.2, 0.25) is 20.2 Å². The predicted octanol–water partition coefficient (Wildman–Crippen LogP) is 17.7. The molecule has 0 aromatic heterocycles. The van der Waals surface area contributed by atoms with Gasteiger partial charge in [-0.3, -0.25) is 0 Å². The van der Waals surface area contributed by atoms with Crippen LogP contribution < -0.4 is 59.2 Å². The first-order valence-electron chi connectivity index (χ1n) is 31.1. The highest BCUT2D eigenvalue weighted by molar-refractivity contribution is 8.30. The van der Waals surface area contributed by atoms with Crippen LogP contribution in [0.25, 0.3) is 0 Å². The van der Waals surface area contributed by atoms with Crippen molar-refractivity contribution in [2.75, 3.05) is 0 Å². The molecule has 0 unspecified atom stereocenters. The van der Waals surface area contributed by atoms with Gasteiger partial charge in [0, 0.05) is 0 Å². The molecule has 0 saturated carbocycles. The SMILES string of the molecule is CC(C)(C)[Si](Oc1ccc(O[Si](c2ccccc2)(c2ccccc2)C(C)(C)C)c2c1SC(=C1Sc3c(O[Si](c4ccccc4)(c4ccccc4)C(C)(C)C)ccc(O[Si](c4ccccc4)(c4ccccc4)C(C)(C)C)c3S1)S2)(c1ccccc1)c1ccccc1. The molecule has 0 N–H and O–H groups in total. The Bertz CT molecular complexity index is 3460. The third-order valence-electron chi connectivity index (χ3n) is 17.7. The number of hydrogen-bond acceptors (Lipinski definition) is 8. The van der Waals surface area contributed by atoms with E-state index in [0.717, 1.165) is 51.1 Å². The van der Waals surface area contributed by atoms with Crippen molar-refractivity contribution in [3.8, 4) is 23.0 Å². The van der Waals surface area contributed by atoms with Crippen LogP contribution >= 0.6 is 47.0 Å². The Balaban J connectivity index is 1.09. The van der Waals surface area contributed by atoms with E-state index in [2.05, 4.69) is 350 Å². The van der Waals surface area contributed by atoms with E-state index in [4.69, 9.17) is 17.7 Å². The molecule has 2 aliphatic rings. The first-order valence-corrected chi connectivity index (χ1v) is 42.0. The zero-order valence-corrected chi connectivity index (χ0v) is 60.9. The van der Waals surface area contributed by atoms with Crippen LogP contribution in [0.1, 0.15) is 83.1 Å². The zero-order valence-electron chi connectivity index (χ0n) is 53.7. The van der Waals surface area contributed by atoms with E-state index < -0.39 is 33.3 Å². The van der Waals surface area contributed by atoms with Gasteiger partial charge in [0.05, 0.1) is 28.1 Å². The first kappa shape index (κ1) is 63.6. The molecule has 0 saturated heterocycles. The van der Waals surface area contributed by atoms with Gasteiger partial charge in [-0.2, -0.15) is 0 Å². The molecule has 10 aromatic carbocycles. The Kier molecular flexibility index (Phi) is 17.7. The van der Waals surface area contributed by atoms with E-state index in [9.17, 15) is 0 Å². The van der Waals surface area contributed by atoms with E-state index >= 15 is 0 Å². The normalized spacial score (nSPS) is 14.0. The molecule has 0 bridgehead atoms. The molecule has 0 fully saturated rings. The Labute approximate surface area is 556 Å². The van der Waals surface area contributed by atoms with Crippen molar-refractivity contribution >= 4 is 122 Å². The summed E-state index contributed by atoms with van der Waals surface area (Å²) in [5, 5.41) is 8.62. The van der Waals surface area contributed by atoms with E-state index in [0.29, 0.717) is 0 Å². The summed E-state index contributed by atoms with van der Waals surface area (Å²) in [5.41, 5.74) is 0. The third-order valence-corrected chi connectivity index (χ3v) is 43.2. The molecule has 4 nitrogen and oxygen atoms in total. The molecule has 12 rings (SSSR count). The van der Waals surface area contributed by atoms with Gasteiger partial charge in [0.1, 0.15) is 23.0 Å². The number of rotatable bonds is 16. The lowest BCUT2D eigenvalue weighted by atomic mass is 10.2. The van der Waals surface area contributed by atoms with Crippen LogP contribution in [-0.2, 0) is 0 Å². The third kappa shape index (κ3) is 11.3. The average Bonchev–Trinajstić information content (AvgIpc) is 1.12. The highest BCUT2D eigenvalue weighted by Gasteiger charge is 2.57. The van der Waals surface area contributed by atoms with Gasteiger partial charge < -0.3 is 17.7 Å². The van der Waals surface area contributed by atoms with Gasteiger partial charge in [0.2, 0.25) is 0 Å². The van der Waals surface area contributed by atoms with E-state index in [-0.39, 0.29) is 20.2 Å². The minimum Gasteiger partial charge on any atom is -0.533 e. The van der Waals surface area contributed by atoms with Crippen LogP contribution in [0, 0.1) is 0 Å². The van der Waals surface area contributed by atoms with Crippen molar-refractivity contribution in [2.45, 2.75) is 123 Å². The molecule has 0 atom stereocenters. The van der Waals surface area contributed by atoms with E-state index in [1.54, 1.807) is 0 Å². The largest absolute Gasteiger partial charge is 0.533 e. The molecule has 2 aliphatic heterocycles. The molecule has 0 radical (unpaired) electrons. The van der Waals surface area contributed by atoms with E-state index in [1.165, 1.54) is 41.5 Å². The quantitative estimate of drug-likeness (QED) is 0.0886. The van der Waals surface area contributed by atoms with Crippen molar-refractivity contribution in [2.24, 2.45) is 0 Å². The summed E-state index contributed by atoms with van der Waals surface area (Å²) in [6, 6.07) is 96.9. The molecular weight excluding hydrogens is 1240 g/mol. The van der Waals surface area contributed by atoms with Crippen LogP contribution in [0.5, 0.6) is 23.0 Å². The van der Waals surface area contributed by atoms with E-state index in [1.807, 2.05) is 47.0 Å². The number of fused-ring (bicyclic) bond motifs is 2. The summed E-state index contributed by atoms with van der Waals surface area (Å²) >= 11 is 7.26. The Morgan fingerprint density at radius 3 is 0.456 bits per heavy atom. The van der Waals surface area contributed by atoms with Gasteiger partial charge >= 0.3 is 33.3 Å². The fraction of sp³-hybridized carbons (Fsp3) is 0.205. The highest BCUT2D eigenvalue weighted by atomic mass is 32.2. The fourth-order valence-corrected chi connectivity index (χ4v) is 37.1. The van der Waals surface area contributed by atoms with Gasteiger partial charge in [-0.25, -0.2) is 0 Å². The monoisotopic (exact) mass is 1320 g/mol. The number of hydrogen-bond donors (Lipinski definition) is 0. The van der Waals surface area contributed by atoms with Gasteiger partial charge in [0.25, 0.3) is 0 Å². The van der Waals surface area contributed by atoms with Crippen LogP contribution in [0.15, 0.2) is 295 Å². The lowest BCUT2D eigenvalue weighted by Gasteiger charge is -2.44. The molecule has 2 heterocycles. The van der Waals surface area contributed by atoms with Crippen molar-refractivity contribution in [3.05, 3.63) is 275 Å². The first-order chi connectivity index (χ1) is 43.1. The summed E-state index contributed by atoms with van der Waals surface area (Å²) < 4.78 is 34.9. The van der Waals surface area contributed by atoms with Gasteiger partial charge in [-0.05, 0) is 85.9 Å². The Morgan fingerprint density at radius 2 is 0.333 bits per heavy atom. The van der Waals surface area contributed by atoms with Crippen molar-refractivity contribution < 1.29 is 17.7 Å². The number of thioether (sulfide) groups is 4. The molecule has 10 aromatic rings. The molecule has 0 amide bonds. The van der Waals surface area contributed by atoms with Gasteiger partial charge in [-0.1, -0.05) is 373 Å². The van der Waals surface area contributed by atoms with Crippen LogP contribution in [0.4, 0.5) is 0 Å². The fourth-order valence-electron chi connectivity index (χ4n) is 13.6. The molecule has 0 aliphatic carbocycles. The second-order valence-electron chi connectivity index (χ2n) is 27.5. The average molecular weight is 1320 g/mol. The maximum absolute atomic E-state index is 8.15. The lowest BCUT2D eigenvalue weighted by Crippen LogP contribution is -2.69. The molecular formula is C78H80O4S4Si4. The molecule has 90 heavy (non-hydrogen) atoms. The lowest BCUT2D eigenvalue weighted by molar-refractivity contribution is 0.478. The smallest absolute Gasteiger partial charge is 0.320 e. The topological polar surface area (TPSA) is 36.9 Å². The van der Waals surface area contributed by atoms with Crippen molar-refractivity contribution in [1.29, 1.82) is 0 Å². The summed E-state index contributed by atoms with van der Waals surface area (Å²) in [7, 11) is -12.6. The maximum atomic E-state index is 8.15. The standard InChI is InChI=1S/C78H80O4S4Si4/c1-75(2,3)87(57-37-21-13-22-38-57,58-39-23-14-24-40-58)79-65-53-54-66(80-88(76(4,5)6,59-41-25-15-26-42-59)60-43-27-16-28-44-60)70-69(65)83-73(84-70)74-85-71-67(81-89(77(7,8)9,61-45-29-17-30-46-61)62-47-31-18-32-48-62)55-56-68(72(71)86-74)82-90(78(10,11)12,63-49-33-19-34-50-63)64-51-35-20-36-52-64/h13-56H,1-12H3.